The molecule has 2 aliphatic rings. The highest BCUT2D eigenvalue weighted by molar-refractivity contribution is 5.90. The first kappa shape index (κ1) is 14.2. The van der Waals surface area contributed by atoms with Crippen molar-refractivity contribution >= 4 is 11.8 Å². The molecular weight excluding hydrogens is 285 g/mol. The van der Waals surface area contributed by atoms with Crippen LogP contribution in [0.1, 0.15) is 30.9 Å². The Labute approximate surface area is 119 Å². The first-order chi connectivity index (χ1) is 9.79. The van der Waals surface area contributed by atoms with E-state index in [1.165, 1.54) is 12.1 Å². The molecule has 1 amide bonds. The van der Waals surface area contributed by atoms with E-state index in [4.69, 9.17) is 5.73 Å². The van der Waals surface area contributed by atoms with Crippen LogP contribution in [0.2, 0.25) is 0 Å². The summed E-state index contributed by atoms with van der Waals surface area (Å²) in [7, 11) is 0. The van der Waals surface area contributed by atoms with Crippen LogP contribution < -0.4 is 10.6 Å². The molecule has 0 saturated heterocycles. The topological polar surface area (TPSA) is 66.6 Å². The molecule has 21 heavy (non-hydrogen) atoms. The van der Waals surface area contributed by atoms with E-state index in [9.17, 15) is 23.1 Å². The fourth-order valence-corrected chi connectivity index (χ4v) is 3.41. The van der Waals surface area contributed by atoms with E-state index in [0.29, 0.717) is 23.3 Å². The molecule has 0 bridgehead atoms. The third kappa shape index (κ3) is 1.91. The molecule has 114 valence electrons. The van der Waals surface area contributed by atoms with Crippen LogP contribution in [-0.2, 0) is 0 Å². The monoisotopic (exact) mass is 300 g/mol. The van der Waals surface area contributed by atoms with Crippen molar-refractivity contribution in [1.82, 2.24) is 0 Å². The zero-order valence-electron chi connectivity index (χ0n) is 11.1. The van der Waals surface area contributed by atoms with E-state index >= 15 is 0 Å². The molecule has 0 spiro atoms. The number of nitrogens with zero attached hydrogens (tertiary/aromatic N) is 1. The van der Waals surface area contributed by atoms with Gasteiger partial charge in [-0.1, -0.05) is 18.2 Å². The molecule has 0 radical (unpaired) electrons. The predicted octanol–water partition coefficient (Wildman–Crippen LogP) is 3.29. The highest BCUT2D eigenvalue weighted by atomic mass is 19.4. The second-order valence-corrected chi connectivity index (χ2v) is 5.68. The lowest BCUT2D eigenvalue weighted by atomic mass is 9.77. The van der Waals surface area contributed by atoms with Crippen LogP contribution in [0.3, 0.4) is 0 Å². The first-order valence-corrected chi connectivity index (χ1v) is 6.73. The van der Waals surface area contributed by atoms with E-state index in [2.05, 4.69) is 0 Å². The van der Waals surface area contributed by atoms with Gasteiger partial charge in [-0.05, 0) is 36.8 Å². The van der Waals surface area contributed by atoms with Crippen molar-refractivity contribution in [2.75, 3.05) is 4.90 Å². The molecule has 7 heteroatoms. The number of carboxylic acid groups (broad SMARTS) is 1. The van der Waals surface area contributed by atoms with Gasteiger partial charge in [0.15, 0.2) is 5.54 Å². The summed E-state index contributed by atoms with van der Waals surface area (Å²) in [4.78, 5) is 12.1. The van der Waals surface area contributed by atoms with Crippen LogP contribution in [0, 0.1) is 5.92 Å². The maximum atomic E-state index is 13.8. The number of nitrogens with two attached hydrogens (primary N) is 1. The van der Waals surface area contributed by atoms with Crippen molar-refractivity contribution in [1.29, 1.82) is 0 Å². The second-order valence-electron chi connectivity index (χ2n) is 5.68. The minimum absolute atomic E-state index is 0.0491. The Balaban J connectivity index is 2.24. The molecule has 1 aliphatic carbocycles. The van der Waals surface area contributed by atoms with Crippen LogP contribution in [0.5, 0.6) is 0 Å². The number of amides is 1. The Morgan fingerprint density at radius 2 is 1.95 bits per heavy atom. The lowest BCUT2D eigenvalue weighted by Crippen LogP contribution is -2.65. The van der Waals surface area contributed by atoms with Gasteiger partial charge in [-0.25, -0.2) is 4.79 Å². The van der Waals surface area contributed by atoms with Crippen LogP contribution in [0.4, 0.5) is 23.7 Å². The molecule has 1 heterocycles. The van der Waals surface area contributed by atoms with Crippen LogP contribution in [-0.4, -0.2) is 22.9 Å². The molecule has 1 saturated carbocycles. The normalized spacial score (nSPS) is 29.1. The fourth-order valence-electron chi connectivity index (χ4n) is 3.41. The number of anilines is 1. The lowest BCUT2D eigenvalue weighted by molar-refractivity contribution is -0.196. The van der Waals surface area contributed by atoms with Crippen LogP contribution in [0.25, 0.3) is 0 Å². The first-order valence-electron chi connectivity index (χ1n) is 6.73. The molecule has 1 aromatic rings. The predicted molar refractivity (Wildman–Crippen MR) is 70.0 cm³/mol. The second kappa shape index (κ2) is 4.37. The number of rotatable bonds is 1. The van der Waals surface area contributed by atoms with Gasteiger partial charge in [-0.2, -0.15) is 13.2 Å². The fraction of sp³-hybridized carbons (Fsp3) is 0.500. The van der Waals surface area contributed by atoms with Gasteiger partial charge in [0.25, 0.3) is 0 Å². The summed E-state index contributed by atoms with van der Waals surface area (Å²) in [5, 5.41) is 9.43. The van der Waals surface area contributed by atoms with E-state index in [0.717, 1.165) is 0 Å². The Morgan fingerprint density at radius 3 is 2.48 bits per heavy atom. The smallest absolute Gasteiger partial charge is 0.412 e. The summed E-state index contributed by atoms with van der Waals surface area (Å²) in [5.74, 6) is -0.715. The van der Waals surface area contributed by atoms with Gasteiger partial charge in [0, 0.05) is 6.04 Å². The molecule has 4 nitrogen and oxygen atoms in total. The Hall–Kier alpha value is -1.76. The summed E-state index contributed by atoms with van der Waals surface area (Å²) in [6.45, 7) is 0. The van der Waals surface area contributed by atoms with Crippen molar-refractivity contribution in [3.63, 3.8) is 0 Å². The van der Waals surface area contributed by atoms with Crippen molar-refractivity contribution in [3.8, 4) is 0 Å². The van der Waals surface area contributed by atoms with Crippen LogP contribution in [0.15, 0.2) is 24.3 Å². The summed E-state index contributed by atoms with van der Waals surface area (Å²) >= 11 is 0. The average molecular weight is 300 g/mol. The summed E-state index contributed by atoms with van der Waals surface area (Å²) in [6, 6.07) is 5.34. The molecule has 2 atom stereocenters. The number of halogens is 3. The van der Waals surface area contributed by atoms with Crippen molar-refractivity contribution < 1.29 is 23.1 Å². The molecule has 3 rings (SSSR count). The maximum Gasteiger partial charge on any atom is 0.412 e. The molecular formula is C14H15F3N2O2. The quantitative estimate of drug-likeness (QED) is 0.836. The number of benzene rings is 1. The van der Waals surface area contributed by atoms with Gasteiger partial charge in [-0.3, -0.25) is 4.90 Å². The van der Waals surface area contributed by atoms with Gasteiger partial charge in [0.2, 0.25) is 0 Å². The Kier molecular flexibility index (Phi) is 2.95. The van der Waals surface area contributed by atoms with Gasteiger partial charge in [0.05, 0.1) is 5.69 Å². The van der Waals surface area contributed by atoms with E-state index < -0.39 is 36.2 Å². The van der Waals surface area contributed by atoms with Crippen LogP contribution >= 0.6 is 0 Å². The summed E-state index contributed by atoms with van der Waals surface area (Å²) in [5.41, 5.74) is 4.01. The third-order valence-electron chi connectivity index (χ3n) is 4.44. The minimum atomic E-state index is -4.66. The number of para-hydroxylation sites is 1. The van der Waals surface area contributed by atoms with Gasteiger partial charge in [0.1, 0.15) is 0 Å². The molecule has 1 aromatic carbocycles. The molecule has 1 aliphatic heterocycles. The van der Waals surface area contributed by atoms with E-state index in [-0.39, 0.29) is 5.69 Å². The number of hydrogen-bond donors (Lipinski definition) is 2. The summed E-state index contributed by atoms with van der Waals surface area (Å²) < 4.78 is 41.4. The molecule has 3 N–H and O–H groups in total. The third-order valence-corrected chi connectivity index (χ3v) is 4.44. The molecule has 1 fully saturated rings. The standard InChI is InChI=1S/C14H15F3N2O2/c15-14(16,17)13(8-5-6-8)7-10(18)9-3-1-2-4-11(9)19(13)12(20)21/h1-4,8,10H,5-7,18H2,(H,20,21). The van der Waals surface area contributed by atoms with E-state index in [1.54, 1.807) is 12.1 Å². The average Bonchev–Trinajstić information content (AvgIpc) is 3.21. The largest absolute Gasteiger partial charge is 0.465 e. The Bertz CT molecular complexity index is 586. The maximum absolute atomic E-state index is 13.8. The lowest BCUT2D eigenvalue weighted by Gasteiger charge is -2.49. The highest BCUT2D eigenvalue weighted by Crippen LogP contribution is 2.58. The number of hydrogen-bond acceptors (Lipinski definition) is 2. The highest BCUT2D eigenvalue weighted by Gasteiger charge is 2.69. The summed E-state index contributed by atoms with van der Waals surface area (Å²) in [6.07, 6.45) is -5.92. The Morgan fingerprint density at radius 1 is 1.33 bits per heavy atom. The number of carbonyl (C=O) groups is 1. The zero-order valence-corrected chi connectivity index (χ0v) is 11.1. The van der Waals surface area contributed by atoms with Crippen molar-refractivity contribution in [2.24, 2.45) is 11.7 Å². The van der Waals surface area contributed by atoms with Gasteiger partial charge < -0.3 is 10.8 Å². The van der Waals surface area contributed by atoms with E-state index in [1.807, 2.05) is 0 Å². The van der Waals surface area contributed by atoms with Crippen molar-refractivity contribution in [2.45, 2.75) is 37.0 Å². The zero-order chi connectivity index (χ0) is 15.4. The molecule has 2 unspecified atom stereocenters. The number of alkyl halides is 3. The number of fused-ring (bicyclic) bond motifs is 1. The van der Waals surface area contributed by atoms with Crippen molar-refractivity contribution in [3.05, 3.63) is 29.8 Å². The minimum Gasteiger partial charge on any atom is -0.465 e. The van der Waals surface area contributed by atoms with Gasteiger partial charge >= 0.3 is 12.3 Å². The SMILES string of the molecule is NC1CC(C2CC2)(C(F)(F)F)N(C(=O)O)c2ccccc21. The van der Waals surface area contributed by atoms with Gasteiger partial charge in [-0.15, -0.1) is 0 Å². The molecule has 0 aromatic heterocycles.